The van der Waals surface area contributed by atoms with Crippen LogP contribution in [-0.2, 0) is 18.3 Å². The maximum Gasteiger partial charge on any atom is 0.309 e. The number of carboxylic acid groups (broad SMARTS) is 1. The zero-order chi connectivity index (χ0) is 12.6. The van der Waals surface area contributed by atoms with Crippen LogP contribution in [0.4, 0.5) is 0 Å². The summed E-state index contributed by atoms with van der Waals surface area (Å²) in [5.41, 5.74) is 2.54. The molecule has 2 heterocycles. The molecular formula is C11H11BrN2O2S. The Morgan fingerprint density at radius 1 is 1.65 bits per heavy atom. The molecule has 0 radical (unpaired) electrons. The fourth-order valence-corrected chi connectivity index (χ4v) is 3.26. The van der Waals surface area contributed by atoms with Crippen molar-refractivity contribution >= 4 is 33.2 Å². The first-order chi connectivity index (χ1) is 7.99. The predicted octanol–water partition coefficient (Wildman–Crippen LogP) is 2.85. The van der Waals surface area contributed by atoms with Gasteiger partial charge in [0.15, 0.2) is 0 Å². The van der Waals surface area contributed by atoms with Crippen LogP contribution in [0, 0.1) is 6.92 Å². The number of hydrogen-bond donors (Lipinski definition) is 1. The van der Waals surface area contributed by atoms with Crippen molar-refractivity contribution in [3.05, 3.63) is 27.3 Å². The quantitative estimate of drug-likeness (QED) is 0.947. The molecular weight excluding hydrogens is 304 g/mol. The highest BCUT2D eigenvalue weighted by atomic mass is 79.9. The molecule has 2 aromatic heterocycles. The molecule has 0 atom stereocenters. The van der Waals surface area contributed by atoms with E-state index < -0.39 is 5.97 Å². The Bertz CT molecular complexity index is 574. The molecule has 0 aromatic carbocycles. The molecule has 1 N–H and O–H groups in total. The number of carboxylic acids is 1. The van der Waals surface area contributed by atoms with Gasteiger partial charge in [-0.1, -0.05) is 0 Å². The van der Waals surface area contributed by atoms with E-state index in [1.165, 1.54) is 0 Å². The molecule has 0 fully saturated rings. The zero-order valence-electron chi connectivity index (χ0n) is 9.40. The molecule has 0 amide bonds. The summed E-state index contributed by atoms with van der Waals surface area (Å²) >= 11 is 4.98. The van der Waals surface area contributed by atoms with Crippen LogP contribution in [0.25, 0.3) is 10.4 Å². The lowest BCUT2D eigenvalue weighted by atomic mass is 10.1. The third kappa shape index (κ3) is 2.42. The predicted molar refractivity (Wildman–Crippen MR) is 70.3 cm³/mol. The minimum atomic E-state index is -0.861. The number of halogens is 1. The Hall–Kier alpha value is -1.14. The van der Waals surface area contributed by atoms with E-state index in [4.69, 9.17) is 5.11 Å². The number of aromatic nitrogens is 2. The highest BCUT2D eigenvalue weighted by molar-refractivity contribution is 9.10. The van der Waals surface area contributed by atoms with Crippen molar-refractivity contribution in [3.8, 4) is 10.4 Å². The van der Waals surface area contributed by atoms with Crippen molar-refractivity contribution < 1.29 is 9.90 Å². The Kier molecular flexibility index (Phi) is 3.35. The lowest BCUT2D eigenvalue weighted by Crippen LogP contribution is -2.02. The van der Waals surface area contributed by atoms with Gasteiger partial charge in [0.25, 0.3) is 0 Å². The molecule has 90 valence electrons. The molecule has 4 nitrogen and oxygen atoms in total. The lowest BCUT2D eigenvalue weighted by molar-refractivity contribution is -0.136. The molecule has 0 aliphatic rings. The van der Waals surface area contributed by atoms with Crippen molar-refractivity contribution in [2.45, 2.75) is 13.3 Å². The lowest BCUT2D eigenvalue weighted by Gasteiger charge is -1.98. The Morgan fingerprint density at radius 2 is 2.35 bits per heavy atom. The van der Waals surface area contributed by atoms with Gasteiger partial charge in [-0.3, -0.25) is 9.48 Å². The van der Waals surface area contributed by atoms with Crippen LogP contribution in [-0.4, -0.2) is 20.9 Å². The van der Waals surface area contributed by atoms with Gasteiger partial charge in [0.2, 0.25) is 0 Å². The monoisotopic (exact) mass is 314 g/mol. The first-order valence-corrected chi connectivity index (χ1v) is 6.65. The van der Waals surface area contributed by atoms with Gasteiger partial charge in [-0.05, 0) is 28.9 Å². The third-order valence-electron chi connectivity index (χ3n) is 2.54. The standard InChI is InChI=1S/C11H11BrN2O2S/c1-6-11(9-3-7(12)5-17-9)8(4-10(15)16)13-14(6)2/h3,5H,4H2,1-2H3,(H,15,16). The van der Waals surface area contributed by atoms with Gasteiger partial charge in [-0.25, -0.2) is 0 Å². The van der Waals surface area contributed by atoms with E-state index >= 15 is 0 Å². The van der Waals surface area contributed by atoms with Crippen molar-refractivity contribution in [3.63, 3.8) is 0 Å². The third-order valence-corrected chi connectivity index (χ3v) is 4.25. The van der Waals surface area contributed by atoms with Crippen LogP contribution in [0.3, 0.4) is 0 Å². The van der Waals surface area contributed by atoms with Crippen LogP contribution in [0.2, 0.25) is 0 Å². The molecule has 0 unspecified atom stereocenters. The summed E-state index contributed by atoms with van der Waals surface area (Å²) in [6.07, 6.45) is -0.0491. The topological polar surface area (TPSA) is 55.1 Å². The van der Waals surface area contributed by atoms with Gasteiger partial charge >= 0.3 is 5.97 Å². The summed E-state index contributed by atoms with van der Waals surface area (Å²) < 4.78 is 2.73. The molecule has 0 saturated carbocycles. The average Bonchev–Trinajstić information content (AvgIpc) is 2.73. The van der Waals surface area contributed by atoms with E-state index in [9.17, 15) is 4.79 Å². The second-order valence-electron chi connectivity index (χ2n) is 3.73. The molecule has 2 aromatic rings. The Morgan fingerprint density at radius 3 is 2.88 bits per heavy atom. The Balaban J connectivity index is 2.54. The number of rotatable bonds is 3. The normalized spacial score (nSPS) is 10.8. The summed E-state index contributed by atoms with van der Waals surface area (Å²) in [6.45, 7) is 1.95. The first-order valence-electron chi connectivity index (χ1n) is 4.97. The van der Waals surface area contributed by atoms with Gasteiger partial charge in [0.1, 0.15) is 0 Å². The van der Waals surface area contributed by atoms with Gasteiger partial charge < -0.3 is 5.11 Å². The van der Waals surface area contributed by atoms with E-state index in [2.05, 4.69) is 21.0 Å². The highest BCUT2D eigenvalue weighted by Gasteiger charge is 2.18. The van der Waals surface area contributed by atoms with E-state index in [1.807, 2.05) is 25.4 Å². The molecule has 0 bridgehead atoms. The second-order valence-corrected chi connectivity index (χ2v) is 5.56. The SMILES string of the molecule is Cc1c(-c2cc(Br)cs2)c(CC(=O)O)nn1C. The molecule has 0 spiro atoms. The fourth-order valence-electron chi connectivity index (χ4n) is 1.71. The summed E-state index contributed by atoms with van der Waals surface area (Å²) in [6, 6.07) is 1.99. The molecule has 2 rings (SSSR count). The smallest absolute Gasteiger partial charge is 0.309 e. The van der Waals surface area contributed by atoms with Crippen LogP contribution < -0.4 is 0 Å². The first kappa shape index (κ1) is 12.3. The number of nitrogens with zero attached hydrogens (tertiary/aromatic N) is 2. The van der Waals surface area contributed by atoms with Crippen molar-refractivity contribution in [1.82, 2.24) is 9.78 Å². The van der Waals surface area contributed by atoms with Crippen LogP contribution >= 0.6 is 27.3 Å². The van der Waals surface area contributed by atoms with E-state index in [0.29, 0.717) is 5.69 Å². The van der Waals surface area contributed by atoms with Crippen molar-refractivity contribution in [1.29, 1.82) is 0 Å². The van der Waals surface area contributed by atoms with Gasteiger partial charge in [-0.15, -0.1) is 11.3 Å². The number of hydrogen-bond acceptors (Lipinski definition) is 3. The van der Waals surface area contributed by atoms with E-state index in [0.717, 1.165) is 20.6 Å². The van der Waals surface area contributed by atoms with Crippen LogP contribution in [0.1, 0.15) is 11.4 Å². The van der Waals surface area contributed by atoms with Crippen molar-refractivity contribution in [2.75, 3.05) is 0 Å². The van der Waals surface area contributed by atoms with Gasteiger partial charge in [0, 0.05) is 33.0 Å². The summed E-state index contributed by atoms with van der Waals surface area (Å²) in [5, 5.41) is 15.1. The van der Waals surface area contributed by atoms with Gasteiger partial charge in [0.05, 0.1) is 12.1 Å². The van der Waals surface area contributed by atoms with E-state index in [1.54, 1.807) is 16.0 Å². The number of aryl methyl sites for hydroxylation is 1. The van der Waals surface area contributed by atoms with Gasteiger partial charge in [-0.2, -0.15) is 5.10 Å². The highest BCUT2D eigenvalue weighted by Crippen LogP contribution is 2.34. The minimum Gasteiger partial charge on any atom is -0.481 e. The summed E-state index contributed by atoms with van der Waals surface area (Å²) in [5.74, 6) is -0.861. The van der Waals surface area contributed by atoms with Crippen LogP contribution in [0.5, 0.6) is 0 Å². The largest absolute Gasteiger partial charge is 0.481 e. The molecule has 0 aliphatic heterocycles. The average molecular weight is 315 g/mol. The molecule has 17 heavy (non-hydrogen) atoms. The summed E-state index contributed by atoms with van der Waals surface area (Å²) in [7, 11) is 1.83. The minimum absolute atomic E-state index is 0.0491. The fraction of sp³-hybridized carbons (Fsp3) is 0.273. The maximum absolute atomic E-state index is 10.8. The zero-order valence-corrected chi connectivity index (χ0v) is 11.8. The number of carbonyl (C=O) groups is 1. The Labute approximate surface area is 111 Å². The second kappa shape index (κ2) is 4.62. The summed E-state index contributed by atoms with van der Waals surface area (Å²) in [4.78, 5) is 11.9. The van der Waals surface area contributed by atoms with Crippen LogP contribution in [0.15, 0.2) is 15.9 Å². The maximum atomic E-state index is 10.8. The molecule has 0 aliphatic carbocycles. The van der Waals surface area contributed by atoms with E-state index in [-0.39, 0.29) is 6.42 Å². The number of thiophene rings is 1. The number of aliphatic carboxylic acids is 1. The molecule has 6 heteroatoms. The van der Waals surface area contributed by atoms with Crippen molar-refractivity contribution in [2.24, 2.45) is 7.05 Å². The molecule has 0 saturated heterocycles.